The number of aliphatic imine (C=N–C) groups is 1. The first-order chi connectivity index (χ1) is 15.6. The summed E-state index contributed by atoms with van der Waals surface area (Å²) in [6.07, 6.45) is 7.40. The van der Waals surface area contributed by atoms with Crippen molar-refractivity contribution in [3.8, 4) is 0 Å². The van der Waals surface area contributed by atoms with Crippen LogP contribution in [0.3, 0.4) is 0 Å². The van der Waals surface area contributed by atoms with Crippen LogP contribution in [0.15, 0.2) is 91.1 Å². The second-order valence-electron chi connectivity index (χ2n) is 7.83. The molecule has 1 saturated heterocycles. The maximum Gasteiger partial charge on any atom is 0.330 e. The molecule has 1 fully saturated rings. The molecule has 0 aromatic heterocycles. The van der Waals surface area contributed by atoms with Crippen LogP contribution in [0.5, 0.6) is 0 Å². The van der Waals surface area contributed by atoms with Gasteiger partial charge in [-0.2, -0.15) is 0 Å². The third kappa shape index (κ3) is 8.52. The maximum atomic E-state index is 11.2. The number of carboxylic acid groups (broad SMARTS) is 1. The highest BCUT2D eigenvalue weighted by Gasteiger charge is 2.19. The largest absolute Gasteiger partial charge is 0.479 e. The van der Waals surface area contributed by atoms with Crippen LogP contribution in [-0.4, -0.2) is 41.3 Å². The number of rotatable bonds is 9. The Hall–Kier alpha value is -3.18. The molecule has 0 bridgehead atoms. The number of carboxylic acids is 1. The van der Waals surface area contributed by atoms with Gasteiger partial charge in [-0.05, 0) is 55.6 Å². The lowest BCUT2D eigenvalue weighted by Crippen LogP contribution is -2.36. The first-order valence-electron chi connectivity index (χ1n) is 11.2. The van der Waals surface area contributed by atoms with Gasteiger partial charge in [-0.15, -0.1) is 0 Å². The Morgan fingerprint density at radius 2 is 1.72 bits per heavy atom. The van der Waals surface area contributed by atoms with E-state index in [1.165, 1.54) is 32.4 Å². The monoisotopic (exact) mass is 433 g/mol. The molecular formula is C27H35N3O2. The van der Waals surface area contributed by atoms with E-state index in [0.29, 0.717) is 0 Å². The van der Waals surface area contributed by atoms with Gasteiger partial charge < -0.3 is 10.4 Å². The van der Waals surface area contributed by atoms with E-state index in [1.54, 1.807) is 18.3 Å². The lowest BCUT2D eigenvalue weighted by Gasteiger charge is -2.31. The smallest absolute Gasteiger partial charge is 0.330 e. The van der Waals surface area contributed by atoms with Crippen molar-refractivity contribution in [2.24, 2.45) is 10.9 Å². The molecule has 0 radical (unpaired) electrons. The Morgan fingerprint density at radius 1 is 1.12 bits per heavy atom. The summed E-state index contributed by atoms with van der Waals surface area (Å²) < 4.78 is 0. The van der Waals surface area contributed by atoms with E-state index in [-0.39, 0.29) is 0 Å². The van der Waals surface area contributed by atoms with E-state index >= 15 is 0 Å². The number of anilines is 1. The molecular weight excluding hydrogens is 398 g/mol. The van der Waals surface area contributed by atoms with E-state index in [9.17, 15) is 9.90 Å². The van der Waals surface area contributed by atoms with E-state index in [1.807, 2.05) is 54.6 Å². The molecule has 0 amide bonds. The Morgan fingerprint density at radius 3 is 2.22 bits per heavy atom. The molecule has 3 rings (SSSR count). The summed E-state index contributed by atoms with van der Waals surface area (Å²) in [6.45, 7) is 13.0. The number of carbonyl (C=O) groups is 1. The molecule has 1 aliphatic rings. The Bertz CT molecular complexity index is 857. The van der Waals surface area contributed by atoms with Crippen LogP contribution in [-0.2, 0) is 4.79 Å². The minimum atomic E-state index is -0.889. The number of para-hydroxylation sites is 1. The minimum Gasteiger partial charge on any atom is -0.479 e. The Labute approximate surface area is 192 Å². The van der Waals surface area contributed by atoms with Crippen LogP contribution < -0.4 is 5.32 Å². The van der Waals surface area contributed by atoms with Crippen molar-refractivity contribution in [3.05, 3.63) is 91.7 Å². The fourth-order valence-electron chi connectivity index (χ4n) is 3.69. The van der Waals surface area contributed by atoms with Gasteiger partial charge in [0, 0.05) is 18.4 Å². The molecule has 5 heteroatoms. The van der Waals surface area contributed by atoms with Crippen molar-refractivity contribution in [2.75, 3.05) is 25.0 Å². The highest BCUT2D eigenvalue weighted by atomic mass is 16.4. The van der Waals surface area contributed by atoms with Gasteiger partial charge >= 0.3 is 5.97 Å². The average molecular weight is 434 g/mol. The molecule has 1 aliphatic heterocycles. The topological polar surface area (TPSA) is 64.9 Å². The van der Waals surface area contributed by atoms with Crippen LogP contribution in [0.4, 0.5) is 5.69 Å². The number of hydrogen-bond acceptors (Lipinski definition) is 4. The molecule has 1 unspecified atom stereocenters. The van der Waals surface area contributed by atoms with Crippen molar-refractivity contribution in [1.29, 1.82) is 0 Å². The summed E-state index contributed by atoms with van der Waals surface area (Å²) in [5, 5.41) is 12.2. The molecule has 5 nitrogen and oxygen atoms in total. The molecule has 0 spiro atoms. The number of nitrogens with zero attached hydrogens (tertiary/aromatic N) is 2. The van der Waals surface area contributed by atoms with Gasteiger partial charge in [-0.1, -0.05) is 75.0 Å². The Balaban J connectivity index is 0.000000229. The van der Waals surface area contributed by atoms with Crippen LogP contribution in [0.2, 0.25) is 0 Å². The zero-order chi connectivity index (χ0) is 23.2. The summed E-state index contributed by atoms with van der Waals surface area (Å²) in [7, 11) is 0. The van der Waals surface area contributed by atoms with Gasteiger partial charge in [0.1, 0.15) is 0 Å². The van der Waals surface area contributed by atoms with Crippen LogP contribution in [0, 0.1) is 5.92 Å². The van der Waals surface area contributed by atoms with E-state index < -0.39 is 12.0 Å². The summed E-state index contributed by atoms with van der Waals surface area (Å²) in [5.41, 5.74) is 2.56. The lowest BCUT2D eigenvalue weighted by molar-refractivity contribution is -0.138. The predicted molar refractivity (Wildman–Crippen MR) is 134 cm³/mol. The normalized spacial score (nSPS) is 15.7. The van der Waals surface area contributed by atoms with Gasteiger partial charge in [0.25, 0.3) is 0 Å². The SMILES string of the molecule is C=CN=C(C=C)CN1CCC(CC)CC1.O=C(O)C(Nc1ccccc1)c1ccccc1. The molecule has 0 saturated carbocycles. The molecule has 1 atom stereocenters. The number of benzene rings is 2. The highest BCUT2D eigenvalue weighted by molar-refractivity contribution is 5.96. The van der Waals surface area contributed by atoms with E-state index in [2.05, 4.69) is 35.3 Å². The Kier molecular flexibility index (Phi) is 11.0. The first kappa shape index (κ1) is 25.1. The number of piperidine rings is 1. The van der Waals surface area contributed by atoms with Gasteiger partial charge in [-0.3, -0.25) is 9.89 Å². The zero-order valence-electron chi connectivity index (χ0n) is 19.0. The number of aliphatic carboxylic acids is 1. The number of hydrogen-bond donors (Lipinski definition) is 2. The standard InChI is InChI=1S/C14H13NO2.C13H22N2/c16-14(17)13(11-7-3-1-4-8-11)15-12-9-5-2-6-10-12;1-4-12-7-9-15(10-8-12)11-13(5-2)14-6-3/h1-10,13,15H,(H,16,17);5-6,12H,2-4,7-11H2,1H3. The summed E-state index contributed by atoms with van der Waals surface area (Å²) in [6, 6.07) is 17.7. The first-order valence-corrected chi connectivity index (χ1v) is 11.2. The van der Waals surface area contributed by atoms with Gasteiger partial charge in [0.2, 0.25) is 0 Å². The van der Waals surface area contributed by atoms with Crippen molar-refractivity contribution < 1.29 is 9.90 Å². The average Bonchev–Trinajstić information content (AvgIpc) is 2.84. The molecule has 0 aliphatic carbocycles. The molecule has 2 N–H and O–H groups in total. The molecule has 2 aromatic carbocycles. The second kappa shape index (κ2) is 14.0. The fraction of sp³-hybridized carbons (Fsp3) is 0.333. The van der Waals surface area contributed by atoms with E-state index in [0.717, 1.165) is 29.4 Å². The third-order valence-electron chi connectivity index (χ3n) is 5.63. The third-order valence-corrected chi connectivity index (χ3v) is 5.63. The van der Waals surface area contributed by atoms with Crippen molar-refractivity contribution in [1.82, 2.24) is 4.90 Å². The second-order valence-corrected chi connectivity index (χ2v) is 7.83. The van der Waals surface area contributed by atoms with Gasteiger partial charge in [-0.25, -0.2) is 4.79 Å². The fourth-order valence-corrected chi connectivity index (χ4v) is 3.69. The van der Waals surface area contributed by atoms with Crippen LogP contribution in [0.1, 0.15) is 37.8 Å². The van der Waals surface area contributed by atoms with Gasteiger partial charge in [0.05, 0.1) is 5.71 Å². The number of nitrogens with one attached hydrogen (secondary N) is 1. The van der Waals surface area contributed by atoms with E-state index in [4.69, 9.17) is 0 Å². The zero-order valence-corrected chi connectivity index (χ0v) is 19.0. The highest BCUT2D eigenvalue weighted by Crippen LogP contribution is 2.20. The van der Waals surface area contributed by atoms with Crippen LogP contribution >= 0.6 is 0 Å². The van der Waals surface area contributed by atoms with Crippen molar-refractivity contribution in [2.45, 2.75) is 32.2 Å². The number of likely N-dealkylation sites (tertiary alicyclic amines) is 1. The van der Waals surface area contributed by atoms with Crippen molar-refractivity contribution in [3.63, 3.8) is 0 Å². The maximum absolute atomic E-state index is 11.2. The van der Waals surface area contributed by atoms with Gasteiger partial charge in [0.15, 0.2) is 6.04 Å². The lowest BCUT2D eigenvalue weighted by atomic mass is 9.94. The molecule has 1 heterocycles. The molecule has 2 aromatic rings. The predicted octanol–water partition coefficient (Wildman–Crippen LogP) is 5.80. The summed E-state index contributed by atoms with van der Waals surface area (Å²) in [5.74, 6) is 0.0461. The quantitative estimate of drug-likeness (QED) is 0.490. The molecule has 32 heavy (non-hydrogen) atoms. The summed E-state index contributed by atoms with van der Waals surface area (Å²) >= 11 is 0. The molecule has 170 valence electrons. The van der Waals surface area contributed by atoms with Crippen molar-refractivity contribution >= 4 is 17.4 Å². The van der Waals surface area contributed by atoms with Crippen LogP contribution in [0.25, 0.3) is 0 Å². The summed E-state index contributed by atoms with van der Waals surface area (Å²) in [4.78, 5) is 17.9. The minimum absolute atomic E-state index is 0.724.